The predicted molar refractivity (Wildman–Crippen MR) is 73.5 cm³/mol. The van der Waals surface area contributed by atoms with Gasteiger partial charge in [0.1, 0.15) is 0 Å². The van der Waals surface area contributed by atoms with Gasteiger partial charge in [0.25, 0.3) is 5.91 Å². The van der Waals surface area contributed by atoms with Gasteiger partial charge in [-0.3, -0.25) is 9.59 Å². The monoisotopic (exact) mass is 279 g/mol. The molecule has 0 aliphatic carbocycles. The van der Waals surface area contributed by atoms with Gasteiger partial charge in [-0.2, -0.15) is 0 Å². The summed E-state index contributed by atoms with van der Waals surface area (Å²) in [6.45, 7) is 0.402. The fraction of sp³-hybridized carbons (Fsp3) is 0.308. The number of amides is 3. The normalized spacial score (nSPS) is 9.80. The minimum absolute atomic E-state index is 0.0912. The van der Waals surface area contributed by atoms with Gasteiger partial charge in [-0.15, -0.1) is 0 Å². The van der Waals surface area contributed by atoms with Crippen LogP contribution in [-0.4, -0.2) is 29.6 Å². The van der Waals surface area contributed by atoms with Gasteiger partial charge in [-0.25, -0.2) is 4.79 Å². The van der Waals surface area contributed by atoms with Crippen molar-refractivity contribution in [2.45, 2.75) is 19.3 Å². The summed E-state index contributed by atoms with van der Waals surface area (Å²) in [6.07, 6.45) is 1.20. The summed E-state index contributed by atoms with van der Waals surface area (Å²) in [6, 6.07) is 5.67. The molecule has 7 nitrogen and oxygen atoms in total. The summed E-state index contributed by atoms with van der Waals surface area (Å²) in [7, 11) is 0. The Balaban J connectivity index is 2.43. The Morgan fingerprint density at radius 3 is 2.60 bits per heavy atom. The number of carboxylic acids is 1. The highest BCUT2D eigenvalue weighted by Gasteiger charge is 2.06. The van der Waals surface area contributed by atoms with E-state index in [0.29, 0.717) is 30.6 Å². The lowest BCUT2D eigenvalue weighted by Gasteiger charge is -2.07. The van der Waals surface area contributed by atoms with Crippen molar-refractivity contribution in [3.8, 4) is 0 Å². The van der Waals surface area contributed by atoms with Crippen LogP contribution in [0.4, 0.5) is 10.5 Å². The second kappa shape index (κ2) is 7.78. The molecule has 0 heterocycles. The summed E-state index contributed by atoms with van der Waals surface area (Å²) in [5.74, 6) is -1.13. The summed E-state index contributed by atoms with van der Waals surface area (Å²) in [5, 5.41) is 13.5. The summed E-state index contributed by atoms with van der Waals surface area (Å²) in [5.41, 5.74) is 5.83. The smallest absolute Gasteiger partial charge is 0.316 e. The number of nitrogens with one attached hydrogen (secondary N) is 2. The second-order valence-electron chi connectivity index (χ2n) is 4.18. The van der Waals surface area contributed by atoms with E-state index in [-0.39, 0.29) is 12.3 Å². The lowest BCUT2D eigenvalue weighted by Crippen LogP contribution is -2.25. The molecule has 5 N–H and O–H groups in total. The maximum Gasteiger partial charge on any atom is 0.316 e. The van der Waals surface area contributed by atoms with Crippen LogP contribution in [0.1, 0.15) is 29.6 Å². The van der Waals surface area contributed by atoms with Crippen molar-refractivity contribution in [1.82, 2.24) is 5.32 Å². The second-order valence-corrected chi connectivity index (χ2v) is 4.18. The molecule has 0 unspecified atom stereocenters. The van der Waals surface area contributed by atoms with Gasteiger partial charge >= 0.3 is 12.0 Å². The molecule has 0 radical (unpaired) electrons. The number of primary amides is 1. The first-order chi connectivity index (χ1) is 9.49. The molecule has 0 atom stereocenters. The molecule has 0 aromatic heterocycles. The third-order valence-electron chi connectivity index (χ3n) is 2.50. The maximum absolute atomic E-state index is 11.8. The van der Waals surface area contributed by atoms with Crippen LogP contribution in [0.15, 0.2) is 24.3 Å². The average Bonchev–Trinajstić information content (AvgIpc) is 2.37. The molecule has 0 saturated carbocycles. The Hall–Kier alpha value is -2.57. The Labute approximate surface area is 116 Å². The van der Waals surface area contributed by atoms with E-state index in [1.165, 1.54) is 6.07 Å². The van der Waals surface area contributed by atoms with Gasteiger partial charge in [0.05, 0.1) is 0 Å². The largest absolute Gasteiger partial charge is 0.481 e. The molecule has 0 spiro atoms. The van der Waals surface area contributed by atoms with Crippen molar-refractivity contribution in [1.29, 1.82) is 0 Å². The zero-order chi connectivity index (χ0) is 15.0. The van der Waals surface area contributed by atoms with Crippen LogP contribution < -0.4 is 16.4 Å². The molecule has 3 amide bonds. The van der Waals surface area contributed by atoms with E-state index in [1.54, 1.807) is 18.2 Å². The molecule has 1 rings (SSSR count). The van der Waals surface area contributed by atoms with E-state index >= 15 is 0 Å². The van der Waals surface area contributed by atoms with Crippen LogP contribution in [0.2, 0.25) is 0 Å². The first-order valence-corrected chi connectivity index (χ1v) is 6.15. The van der Waals surface area contributed by atoms with Gasteiger partial charge in [0, 0.05) is 24.2 Å². The van der Waals surface area contributed by atoms with Gasteiger partial charge < -0.3 is 21.5 Å². The third kappa shape index (κ3) is 5.85. The fourth-order valence-electron chi connectivity index (χ4n) is 1.59. The van der Waals surface area contributed by atoms with E-state index in [2.05, 4.69) is 10.6 Å². The van der Waals surface area contributed by atoms with Crippen molar-refractivity contribution in [2.75, 3.05) is 11.9 Å². The molecule has 0 aliphatic heterocycles. The Morgan fingerprint density at radius 2 is 1.95 bits per heavy atom. The van der Waals surface area contributed by atoms with Gasteiger partial charge in [0.2, 0.25) is 0 Å². The molecule has 1 aromatic rings. The van der Waals surface area contributed by atoms with Crippen molar-refractivity contribution >= 4 is 23.6 Å². The Morgan fingerprint density at radius 1 is 1.20 bits per heavy atom. The third-order valence-corrected chi connectivity index (χ3v) is 2.50. The van der Waals surface area contributed by atoms with Gasteiger partial charge in [-0.1, -0.05) is 6.07 Å². The standard InChI is InChI=1S/C13H17N3O4/c14-13(20)16-10-5-3-4-9(8-10)12(19)15-7-2-1-6-11(17)18/h3-5,8H,1-2,6-7H2,(H,15,19)(H,17,18)(H3,14,16,20). The summed E-state index contributed by atoms with van der Waals surface area (Å²) < 4.78 is 0. The number of hydrogen-bond acceptors (Lipinski definition) is 3. The molecular weight excluding hydrogens is 262 g/mol. The number of nitrogens with two attached hydrogens (primary N) is 1. The lowest BCUT2D eigenvalue weighted by atomic mass is 10.2. The van der Waals surface area contributed by atoms with Gasteiger partial charge in [-0.05, 0) is 31.0 Å². The quantitative estimate of drug-likeness (QED) is 0.559. The van der Waals surface area contributed by atoms with E-state index in [0.717, 1.165) is 0 Å². The summed E-state index contributed by atoms with van der Waals surface area (Å²) >= 11 is 0. The lowest BCUT2D eigenvalue weighted by molar-refractivity contribution is -0.137. The Kier molecular flexibility index (Phi) is 6.02. The SMILES string of the molecule is NC(=O)Nc1cccc(C(=O)NCCCCC(=O)O)c1. The molecule has 0 bridgehead atoms. The molecule has 0 aliphatic rings. The highest BCUT2D eigenvalue weighted by Crippen LogP contribution is 2.10. The first-order valence-electron chi connectivity index (χ1n) is 6.15. The number of benzene rings is 1. The van der Waals surface area contributed by atoms with Crippen LogP contribution in [0, 0.1) is 0 Å². The number of rotatable bonds is 7. The van der Waals surface area contributed by atoms with Crippen LogP contribution in [0.25, 0.3) is 0 Å². The summed E-state index contributed by atoms with van der Waals surface area (Å²) in [4.78, 5) is 32.8. The van der Waals surface area contributed by atoms with Crippen LogP contribution >= 0.6 is 0 Å². The average molecular weight is 279 g/mol. The molecule has 7 heteroatoms. The number of aliphatic carboxylic acids is 1. The minimum Gasteiger partial charge on any atom is -0.481 e. The van der Waals surface area contributed by atoms with Crippen molar-refractivity contribution in [2.24, 2.45) is 5.73 Å². The Bertz CT molecular complexity index is 502. The van der Waals surface area contributed by atoms with E-state index in [1.807, 2.05) is 0 Å². The number of anilines is 1. The molecule has 0 fully saturated rings. The molecular formula is C13H17N3O4. The van der Waals surface area contributed by atoms with Crippen LogP contribution in [-0.2, 0) is 4.79 Å². The number of urea groups is 1. The van der Waals surface area contributed by atoms with E-state index in [4.69, 9.17) is 10.8 Å². The van der Waals surface area contributed by atoms with Crippen molar-refractivity contribution < 1.29 is 19.5 Å². The number of hydrogen-bond donors (Lipinski definition) is 4. The molecule has 108 valence electrons. The number of carbonyl (C=O) groups excluding carboxylic acids is 2. The van der Waals surface area contributed by atoms with Crippen molar-refractivity contribution in [3.63, 3.8) is 0 Å². The fourth-order valence-corrected chi connectivity index (χ4v) is 1.59. The first kappa shape index (κ1) is 15.5. The molecule has 0 saturated heterocycles. The molecule has 20 heavy (non-hydrogen) atoms. The zero-order valence-electron chi connectivity index (χ0n) is 10.9. The highest BCUT2D eigenvalue weighted by atomic mass is 16.4. The van der Waals surface area contributed by atoms with Crippen LogP contribution in [0.3, 0.4) is 0 Å². The van der Waals surface area contributed by atoms with Crippen molar-refractivity contribution in [3.05, 3.63) is 29.8 Å². The number of carbonyl (C=O) groups is 3. The highest BCUT2D eigenvalue weighted by molar-refractivity contribution is 5.96. The topological polar surface area (TPSA) is 122 Å². The molecule has 1 aromatic carbocycles. The van der Waals surface area contributed by atoms with E-state index in [9.17, 15) is 14.4 Å². The van der Waals surface area contributed by atoms with E-state index < -0.39 is 12.0 Å². The number of carboxylic acid groups (broad SMARTS) is 1. The predicted octanol–water partition coefficient (Wildman–Crippen LogP) is 1.16. The van der Waals surface area contributed by atoms with Crippen LogP contribution in [0.5, 0.6) is 0 Å². The number of unbranched alkanes of at least 4 members (excludes halogenated alkanes) is 1. The maximum atomic E-state index is 11.8. The van der Waals surface area contributed by atoms with Gasteiger partial charge in [0.15, 0.2) is 0 Å². The minimum atomic E-state index is -0.846. The zero-order valence-corrected chi connectivity index (χ0v) is 10.9.